The summed E-state index contributed by atoms with van der Waals surface area (Å²) in [7, 11) is -3.18. The molecular weight excluding hydrogens is 272 g/mol. The third-order valence-corrected chi connectivity index (χ3v) is 5.57. The van der Waals surface area contributed by atoms with E-state index < -0.39 is 9.84 Å². The van der Waals surface area contributed by atoms with Crippen molar-refractivity contribution in [3.63, 3.8) is 0 Å². The van der Waals surface area contributed by atoms with Crippen LogP contribution < -0.4 is 10.6 Å². The second-order valence-electron chi connectivity index (χ2n) is 5.36. The van der Waals surface area contributed by atoms with Crippen LogP contribution in [0.3, 0.4) is 0 Å². The molecule has 1 fully saturated rings. The fraction of sp³-hybridized carbons (Fsp3) is 0.600. The summed E-state index contributed by atoms with van der Waals surface area (Å²) in [5.74, 6) is 0.203. The maximum absolute atomic E-state index is 12.3. The summed E-state index contributed by atoms with van der Waals surface area (Å²) < 4.78 is 24.6. The molecule has 0 aromatic heterocycles. The summed E-state index contributed by atoms with van der Waals surface area (Å²) in [6, 6.07) is 7.55. The van der Waals surface area contributed by atoms with Crippen molar-refractivity contribution in [3.05, 3.63) is 24.3 Å². The second kappa shape index (κ2) is 7.09. The predicted octanol–water partition coefficient (Wildman–Crippen LogP) is 2.42. The molecule has 0 radical (unpaired) electrons. The van der Waals surface area contributed by atoms with E-state index in [1.807, 2.05) is 19.1 Å². The van der Waals surface area contributed by atoms with Gasteiger partial charge in [0, 0.05) is 12.6 Å². The van der Waals surface area contributed by atoms with Crippen LogP contribution in [-0.2, 0) is 9.84 Å². The van der Waals surface area contributed by atoms with E-state index in [1.54, 1.807) is 12.1 Å². The number of benzene rings is 1. The van der Waals surface area contributed by atoms with Crippen LogP contribution in [0.4, 0.5) is 5.69 Å². The number of hydrogen-bond donors (Lipinski definition) is 2. The SMILES string of the molecule is CCCS(=O)(=O)c1ccccc1NC1CCCCNC1. The van der Waals surface area contributed by atoms with E-state index in [9.17, 15) is 8.42 Å². The molecule has 0 bridgehead atoms. The fourth-order valence-corrected chi connectivity index (χ4v) is 4.10. The third kappa shape index (κ3) is 3.96. The summed E-state index contributed by atoms with van der Waals surface area (Å²) in [4.78, 5) is 0.436. The minimum atomic E-state index is -3.18. The van der Waals surface area contributed by atoms with Gasteiger partial charge in [0.1, 0.15) is 0 Å². The number of para-hydroxylation sites is 1. The summed E-state index contributed by atoms with van der Waals surface area (Å²) in [5.41, 5.74) is 0.745. The van der Waals surface area contributed by atoms with Gasteiger partial charge in [0.2, 0.25) is 0 Å². The first kappa shape index (κ1) is 15.3. The quantitative estimate of drug-likeness (QED) is 0.876. The number of rotatable bonds is 5. The lowest BCUT2D eigenvalue weighted by Gasteiger charge is -2.20. The van der Waals surface area contributed by atoms with Gasteiger partial charge in [-0.1, -0.05) is 25.5 Å². The molecule has 2 rings (SSSR count). The molecule has 1 saturated heterocycles. The Bertz CT molecular complexity index is 520. The first-order chi connectivity index (χ1) is 9.63. The van der Waals surface area contributed by atoms with E-state index in [-0.39, 0.29) is 5.75 Å². The summed E-state index contributed by atoms with van der Waals surface area (Å²) in [6.45, 7) is 3.83. The van der Waals surface area contributed by atoms with Gasteiger partial charge < -0.3 is 10.6 Å². The molecule has 2 N–H and O–H groups in total. The Balaban J connectivity index is 2.19. The highest BCUT2D eigenvalue weighted by molar-refractivity contribution is 7.91. The molecule has 0 saturated carbocycles. The van der Waals surface area contributed by atoms with Gasteiger partial charge in [-0.05, 0) is 37.9 Å². The van der Waals surface area contributed by atoms with Crippen LogP contribution >= 0.6 is 0 Å². The normalized spacial score (nSPS) is 20.4. The average molecular weight is 296 g/mol. The van der Waals surface area contributed by atoms with Gasteiger partial charge in [-0.3, -0.25) is 0 Å². The number of sulfone groups is 1. The van der Waals surface area contributed by atoms with Crippen LogP contribution in [0.1, 0.15) is 32.6 Å². The van der Waals surface area contributed by atoms with Crippen LogP contribution in [-0.4, -0.2) is 33.3 Å². The maximum Gasteiger partial charge on any atom is 0.180 e. The van der Waals surface area contributed by atoms with Crippen molar-refractivity contribution >= 4 is 15.5 Å². The fourth-order valence-electron chi connectivity index (χ4n) is 2.60. The van der Waals surface area contributed by atoms with E-state index in [0.29, 0.717) is 17.4 Å². The maximum atomic E-state index is 12.3. The highest BCUT2D eigenvalue weighted by Crippen LogP contribution is 2.24. The van der Waals surface area contributed by atoms with Gasteiger partial charge in [-0.15, -0.1) is 0 Å². The first-order valence-corrected chi connectivity index (χ1v) is 9.08. The molecule has 1 unspecified atom stereocenters. The van der Waals surface area contributed by atoms with Crippen molar-refractivity contribution in [1.29, 1.82) is 0 Å². The van der Waals surface area contributed by atoms with Gasteiger partial charge in [-0.25, -0.2) is 8.42 Å². The number of hydrogen-bond acceptors (Lipinski definition) is 4. The largest absolute Gasteiger partial charge is 0.380 e. The second-order valence-corrected chi connectivity index (χ2v) is 7.43. The molecule has 1 aliphatic heterocycles. The Morgan fingerprint density at radius 3 is 2.90 bits per heavy atom. The Morgan fingerprint density at radius 1 is 1.30 bits per heavy atom. The zero-order valence-corrected chi connectivity index (χ0v) is 12.9. The highest BCUT2D eigenvalue weighted by Gasteiger charge is 2.19. The topological polar surface area (TPSA) is 58.2 Å². The Labute approximate surface area is 121 Å². The lowest BCUT2D eigenvalue weighted by Crippen LogP contribution is -2.31. The minimum Gasteiger partial charge on any atom is -0.380 e. The molecule has 0 amide bonds. The average Bonchev–Trinajstić information content (AvgIpc) is 2.68. The molecule has 1 aliphatic rings. The van der Waals surface area contributed by atoms with Crippen molar-refractivity contribution in [1.82, 2.24) is 5.32 Å². The van der Waals surface area contributed by atoms with E-state index in [0.717, 1.165) is 25.2 Å². The molecule has 1 aromatic rings. The van der Waals surface area contributed by atoms with E-state index in [2.05, 4.69) is 10.6 Å². The van der Waals surface area contributed by atoms with Crippen LogP contribution in [0.5, 0.6) is 0 Å². The smallest absolute Gasteiger partial charge is 0.180 e. The molecule has 0 spiro atoms. The van der Waals surface area contributed by atoms with Crippen molar-refractivity contribution in [3.8, 4) is 0 Å². The summed E-state index contributed by atoms with van der Waals surface area (Å²) in [5, 5.41) is 6.80. The number of anilines is 1. The number of nitrogens with one attached hydrogen (secondary N) is 2. The lowest BCUT2D eigenvalue weighted by atomic mass is 10.1. The van der Waals surface area contributed by atoms with Gasteiger partial charge in [-0.2, -0.15) is 0 Å². The molecule has 1 aromatic carbocycles. The van der Waals surface area contributed by atoms with E-state index in [4.69, 9.17) is 0 Å². The lowest BCUT2D eigenvalue weighted by molar-refractivity contribution is 0.594. The van der Waals surface area contributed by atoms with E-state index in [1.165, 1.54) is 12.8 Å². The third-order valence-electron chi connectivity index (χ3n) is 3.60. The van der Waals surface area contributed by atoms with Gasteiger partial charge in [0.05, 0.1) is 16.3 Å². The Hall–Kier alpha value is -1.07. The minimum absolute atomic E-state index is 0.203. The molecule has 5 heteroatoms. The van der Waals surface area contributed by atoms with Crippen LogP contribution in [0.25, 0.3) is 0 Å². The summed E-state index contributed by atoms with van der Waals surface area (Å²) in [6.07, 6.45) is 4.08. The van der Waals surface area contributed by atoms with Gasteiger partial charge in [0.15, 0.2) is 9.84 Å². The predicted molar refractivity (Wildman–Crippen MR) is 82.9 cm³/mol. The van der Waals surface area contributed by atoms with Crippen LogP contribution in [0.2, 0.25) is 0 Å². The molecule has 0 aliphatic carbocycles. The first-order valence-electron chi connectivity index (χ1n) is 7.42. The Morgan fingerprint density at radius 2 is 2.10 bits per heavy atom. The zero-order chi connectivity index (χ0) is 14.4. The van der Waals surface area contributed by atoms with Crippen molar-refractivity contribution in [2.45, 2.75) is 43.5 Å². The molecule has 20 heavy (non-hydrogen) atoms. The summed E-state index contributed by atoms with van der Waals surface area (Å²) >= 11 is 0. The van der Waals surface area contributed by atoms with Crippen molar-refractivity contribution < 1.29 is 8.42 Å². The standard InChI is InChI=1S/C15H24N2O2S/c1-2-11-20(18,19)15-9-4-3-8-14(15)17-13-7-5-6-10-16-12-13/h3-4,8-9,13,16-17H,2,5-7,10-12H2,1H3. The van der Waals surface area contributed by atoms with Gasteiger partial charge in [0.25, 0.3) is 0 Å². The van der Waals surface area contributed by atoms with Crippen LogP contribution in [0, 0.1) is 0 Å². The molecule has 4 nitrogen and oxygen atoms in total. The highest BCUT2D eigenvalue weighted by atomic mass is 32.2. The molecule has 1 atom stereocenters. The Kier molecular flexibility index (Phi) is 5.43. The van der Waals surface area contributed by atoms with Crippen LogP contribution in [0.15, 0.2) is 29.2 Å². The monoisotopic (exact) mass is 296 g/mol. The van der Waals surface area contributed by atoms with Gasteiger partial charge >= 0.3 is 0 Å². The van der Waals surface area contributed by atoms with Crippen molar-refractivity contribution in [2.24, 2.45) is 0 Å². The van der Waals surface area contributed by atoms with Crippen molar-refractivity contribution in [2.75, 3.05) is 24.2 Å². The van der Waals surface area contributed by atoms with E-state index >= 15 is 0 Å². The zero-order valence-electron chi connectivity index (χ0n) is 12.1. The molecule has 1 heterocycles. The molecule has 112 valence electrons. The molecular formula is C15H24N2O2S.